The Labute approximate surface area is 105 Å². The van der Waals surface area contributed by atoms with Crippen LogP contribution in [0, 0.1) is 5.92 Å². The molecule has 1 aromatic carbocycles. The first-order valence-electron chi connectivity index (χ1n) is 5.40. The Balaban J connectivity index is 1.80. The summed E-state index contributed by atoms with van der Waals surface area (Å²) in [4.78, 5) is 5.92. The normalized spacial score (nSPS) is 23.3. The summed E-state index contributed by atoms with van der Waals surface area (Å²) in [7, 11) is 0. The van der Waals surface area contributed by atoms with Gasteiger partial charge in [-0.05, 0) is 24.3 Å². The topological polar surface area (TPSA) is 38.7 Å². The molecule has 2 atom stereocenters. The van der Waals surface area contributed by atoms with Crippen molar-refractivity contribution in [3.63, 3.8) is 0 Å². The third-order valence-electron chi connectivity index (χ3n) is 2.44. The Morgan fingerprint density at radius 1 is 1.24 bits per heavy atom. The van der Waals surface area contributed by atoms with Crippen molar-refractivity contribution in [2.45, 2.75) is 13.0 Å². The molecule has 1 aromatic rings. The average Bonchev–Trinajstić information content (AvgIpc) is 2.35. The Hall–Kier alpha value is -1.23. The number of aliphatic hydroxyl groups excluding tert-OH is 1. The zero-order chi connectivity index (χ0) is 12.1. The van der Waals surface area contributed by atoms with E-state index in [0.717, 1.165) is 16.9 Å². The van der Waals surface area contributed by atoms with E-state index in [4.69, 9.17) is 9.22 Å². The monoisotopic (exact) mass is 250 g/mol. The Bertz CT molecular complexity index is 414. The summed E-state index contributed by atoms with van der Waals surface area (Å²) in [6.45, 7) is 1.96. The van der Waals surface area contributed by atoms with Crippen molar-refractivity contribution in [1.82, 2.24) is 0 Å². The fourth-order valence-corrected chi connectivity index (χ4v) is 1.88. The number of benzene rings is 1. The van der Waals surface area contributed by atoms with Crippen LogP contribution >= 0.6 is 12.0 Å². The SMILES string of the molecule is C[C@H]1C=CC(SOOc2ccccc2)=C[C@H]1O. The minimum atomic E-state index is -0.456. The lowest BCUT2D eigenvalue weighted by molar-refractivity contribution is -0.0768. The van der Waals surface area contributed by atoms with Gasteiger partial charge in [-0.15, -0.1) is 4.33 Å². The number of allylic oxidation sites excluding steroid dienone is 1. The van der Waals surface area contributed by atoms with Crippen molar-refractivity contribution in [3.8, 4) is 5.75 Å². The molecule has 0 bridgehead atoms. The first kappa shape index (κ1) is 12.2. The highest BCUT2D eigenvalue weighted by molar-refractivity contribution is 7.98. The smallest absolute Gasteiger partial charge is 0.166 e. The second-order valence-electron chi connectivity index (χ2n) is 3.83. The van der Waals surface area contributed by atoms with Crippen molar-refractivity contribution in [1.29, 1.82) is 0 Å². The van der Waals surface area contributed by atoms with Gasteiger partial charge in [0, 0.05) is 10.8 Å². The molecule has 1 aliphatic rings. The van der Waals surface area contributed by atoms with Gasteiger partial charge in [0.25, 0.3) is 0 Å². The van der Waals surface area contributed by atoms with Crippen LogP contribution in [-0.4, -0.2) is 11.2 Å². The maximum absolute atomic E-state index is 9.63. The van der Waals surface area contributed by atoms with Gasteiger partial charge in [-0.25, -0.2) is 0 Å². The second-order valence-corrected chi connectivity index (χ2v) is 4.60. The molecule has 4 heteroatoms. The van der Waals surface area contributed by atoms with Crippen LogP contribution in [0.15, 0.2) is 53.5 Å². The minimum Gasteiger partial charge on any atom is -0.388 e. The predicted molar refractivity (Wildman–Crippen MR) is 68.1 cm³/mol. The van der Waals surface area contributed by atoms with Gasteiger partial charge in [0.2, 0.25) is 0 Å². The molecule has 0 unspecified atom stereocenters. The van der Waals surface area contributed by atoms with Gasteiger partial charge in [-0.2, -0.15) is 0 Å². The highest BCUT2D eigenvalue weighted by Crippen LogP contribution is 2.26. The molecule has 1 aliphatic carbocycles. The first-order valence-corrected chi connectivity index (χ1v) is 6.14. The quantitative estimate of drug-likeness (QED) is 0.506. The van der Waals surface area contributed by atoms with E-state index < -0.39 is 6.10 Å². The fourth-order valence-electron chi connectivity index (χ4n) is 1.36. The predicted octanol–water partition coefficient (Wildman–Crippen LogP) is 3.10. The van der Waals surface area contributed by atoms with Gasteiger partial charge >= 0.3 is 0 Å². The third kappa shape index (κ3) is 3.63. The molecule has 2 rings (SSSR count). The van der Waals surface area contributed by atoms with E-state index in [1.165, 1.54) is 0 Å². The summed E-state index contributed by atoms with van der Waals surface area (Å²) in [5, 5.41) is 9.63. The summed E-state index contributed by atoms with van der Waals surface area (Å²) >= 11 is 1.09. The highest BCUT2D eigenvalue weighted by atomic mass is 32.2. The van der Waals surface area contributed by atoms with Gasteiger partial charge in [0.05, 0.1) is 18.1 Å². The molecular formula is C13H14O3S. The Kier molecular flexibility index (Phi) is 4.25. The highest BCUT2D eigenvalue weighted by Gasteiger charge is 2.14. The molecule has 0 heterocycles. The molecule has 90 valence electrons. The number of para-hydroxylation sites is 1. The van der Waals surface area contributed by atoms with Crippen LogP contribution in [0.3, 0.4) is 0 Å². The van der Waals surface area contributed by atoms with Crippen LogP contribution in [0.2, 0.25) is 0 Å². The van der Waals surface area contributed by atoms with Gasteiger partial charge in [0.15, 0.2) is 5.75 Å². The van der Waals surface area contributed by atoms with Gasteiger partial charge in [-0.3, -0.25) is 0 Å². The maximum Gasteiger partial charge on any atom is 0.166 e. The van der Waals surface area contributed by atoms with E-state index in [0.29, 0.717) is 5.75 Å². The van der Waals surface area contributed by atoms with Crippen LogP contribution < -0.4 is 4.89 Å². The maximum atomic E-state index is 9.63. The summed E-state index contributed by atoms with van der Waals surface area (Å²) in [5.74, 6) is 0.795. The molecule has 0 saturated heterocycles. The molecule has 3 nitrogen and oxygen atoms in total. The van der Waals surface area contributed by atoms with Crippen LogP contribution in [0.4, 0.5) is 0 Å². The standard InChI is InChI=1S/C13H14O3S/c1-10-7-8-12(9-13(10)14)17-16-15-11-5-3-2-4-6-11/h2-10,13-14H,1H3/t10-,13+/m0/s1. The molecular weight excluding hydrogens is 236 g/mol. The number of rotatable bonds is 4. The molecule has 0 radical (unpaired) electrons. The first-order chi connectivity index (χ1) is 8.25. The zero-order valence-corrected chi connectivity index (χ0v) is 10.3. The second kappa shape index (κ2) is 5.91. The summed E-state index contributed by atoms with van der Waals surface area (Å²) < 4.78 is 5.03. The zero-order valence-electron chi connectivity index (χ0n) is 9.45. The van der Waals surface area contributed by atoms with Crippen molar-refractivity contribution in [3.05, 3.63) is 53.5 Å². The molecule has 0 aliphatic heterocycles. The molecule has 0 spiro atoms. The van der Waals surface area contributed by atoms with E-state index in [-0.39, 0.29) is 5.92 Å². The van der Waals surface area contributed by atoms with Crippen LogP contribution in [0.1, 0.15) is 6.92 Å². The Morgan fingerprint density at radius 2 is 2.00 bits per heavy atom. The summed E-state index contributed by atoms with van der Waals surface area (Å²) in [5.41, 5.74) is 0. The molecule has 0 aromatic heterocycles. The summed E-state index contributed by atoms with van der Waals surface area (Å²) in [6, 6.07) is 9.26. The van der Waals surface area contributed by atoms with E-state index in [1.807, 2.05) is 49.4 Å². The van der Waals surface area contributed by atoms with Crippen molar-refractivity contribution in [2.75, 3.05) is 0 Å². The number of hydrogen-bond acceptors (Lipinski definition) is 4. The summed E-state index contributed by atoms with van der Waals surface area (Å²) in [6.07, 6.45) is 5.15. The van der Waals surface area contributed by atoms with Crippen molar-refractivity contribution in [2.24, 2.45) is 5.92 Å². The van der Waals surface area contributed by atoms with E-state index in [2.05, 4.69) is 0 Å². The lowest BCUT2D eigenvalue weighted by Gasteiger charge is -2.16. The number of hydrogen-bond donors (Lipinski definition) is 1. The molecule has 0 saturated carbocycles. The molecule has 1 N–H and O–H groups in total. The van der Waals surface area contributed by atoms with E-state index in [9.17, 15) is 5.11 Å². The van der Waals surface area contributed by atoms with Crippen LogP contribution in [-0.2, 0) is 4.33 Å². The van der Waals surface area contributed by atoms with Crippen molar-refractivity contribution < 1.29 is 14.3 Å². The van der Waals surface area contributed by atoms with Gasteiger partial charge in [-0.1, -0.05) is 31.2 Å². The molecule has 0 fully saturated rings. The fraction of sp³-hybridized carbons (Fsp3) is 0.231. The minimum absolute atomic E-state index is 0.148. The van der Waals surface area contributed by atoms with Gasteiger partial charge < -0.3 is 9.99 Å². The Morgan fingerprint density at radius 3 is 2.71 bits per heavy atom. The van der Waals surface area contributed by atoms with E-state index >= 15 is 0 Å². The van der Waals surface area contributed by atoms with E-state index in [1.54, 1.807) is 6.08 Å². The molecule has 17 heavy (non-hydrogen) atoms. The lowest BCUT2D eigenvalue weighted by atomic mass is 10.0. The average molecular weight is 250 g/mol. The molecule has 0 amide bonds. The van der Waals surface area contributed by atoms with Crippen molar-refractivity contribution >= 4 is 12.0 Å². The number of aliphatic hydroxyl groups is 1. The largest absolute Gasteiger partial charge is 0.388 e. The van der Waals surface area contributed by atoms with Crippen LogP contribution in [0.25, 0.3) is 0 Å². The third-order valence-corrected chi connectivity index (χ3v) is 3.04. The lowest BCUT2D eigenvalue weighted by Crippen LogP contribution is -2.15. The van der Waals surface area contributed by atoms with Gasteiger partial charge in [0.1, 0.15) is 0 Å². The van der Waals surface area contributed by atoms with Crippen LogP contribution in [0.5, 0.6) is 5.75 Å².